The largest absolute Gasteiger partial charge is 0.357 e. The summed E-state index contributed by atoms with van der Waals surface area (Å²) < 4.78 is 0. The third kappa shape index (κ3) is 9.59. The van der Waals surface area contributed by atoms with Gasteiger partial charge >= 0.3 is 6.03 Å². The molecule has 2 amide bonds. The van der Waals surface area contributed by atoms with Gasteiger partial charge in [-0.15, -0.1) is 24.0 Å². The van der Waals surface area contributed by atoms with Crippen molar-refractivity contribution < 1.29 is 4.79 Å². The van der Waals surface area contributed by atoms with Gasteiger partial charge < -0.3 is 21.3 Å². The third-order valence-corrected chi connectivity index (χ3v) is 2.82. The monoisotopic (exact) mass is 447 g/mol. The molecule has 0 fully saturated rings. The molecule has 0 bridgehead atoms. The van der Waals surface area contributed by atoms with Crippen LogP contribution in [0.3, 0.4) is 0 Å². The lowest BCUT2D eigenvalue weighted by molar-refractivity contribution is 0.250. The average Bonchev–Trinajstić information content (AvgIpc) is 2.45. The molecule has 24 heavy (non-hydrogen) atoms. The van der Waals surface area contributed by atoms with Crippen molar-refractivity contribution in [2.75, 3.05) is 11.9 Å². The number of carbonyl (C=O) groups is 1. The summed E-state index contributed by atoms with van der Waals surface area (Å²) in [5, 5.41) is 12.1. The van der Waals surface area contributed by atoms with Crippen molar-refractivity contribution in [2.45, 2.75) is 53.2 Å². The molecule has 0 aliphatic heterocycles. The first-order valence-electron chi connectivity index (χ1n) is 8.12. The lowest BCUT2D eigenvalue weighted by Gasteiger charge is -2.14. The molecule has 0 unspecified atom stereocenters. The number of hydrogen-bond donors (Lipinski definition) is 4. The smallest absolute Gasteiger partial charge is 0.319 e. The quantitative estimate of drug-likeness (QED) is 0.307. The first-order chi connectivity index (χ1) is 10.9. The number of aliphatic imine (C=N–C) groups is 1. The van der Waals surface area contributed by atoms with Crippen molar-refractivity contribution in [3.8, 4) is 0 Å². The van der Waals surface area contributed by atoms with Gasteiger partial charge in [-0.3, -0.25) is 0 Å². The highest BCUT2D eigenvalue weighted by atomic mass is 127. The second kappa shape index (κ2) is 11.9. The van der Waals surface area contributed by atoms with Gasteiger partial charge in [0, 0.05) is 24.3 Å². The molecule has 0 aliphatic carbocycles. The number of benzene rings is 1. The fourth-order valence-electron chi connectivity index (χ4n) is 1.89. The van der Waals surface area contributed by atoms with E-state index in [1.165, 1.54) is 0 Å². The normalized spacial score (nSPS) is 11.0. The van der Waals surface area contributed by atoms with Gasteiger partial charge in [-0.25, -0.2) is 9.79 Å². The fourth-order valence-corrected chi connectivity index (χ4v) is 1.89. The first kappa shape index (κ1) is 22.5. The van der Waals surface area contributed by atoms with E-state index in [2.05, 4.69) is 40.1 Å². The van der Waals surface area contributed by atoms with Crippen LogP contribution in [0.4, 0.5) is 10.5 Å². The predicted molar refractivity (Wildman–Crippen MR) is 112 cm³/mol. The zero-order valence-corrected chi connectivity index (χ0v) is 17.5. The van der Waals surface area contributed by atoms with Crippen molar-refractivity contribution in [3.63, 3.8) is 0 Å². The highest BCUT2D eigenvalue weighted by Gasteiger charge is 2.03. The second-order valence-electron chi connectivity index (χ2n) is 5.94. The summed E-state index contributed by atoms with van der Waals surface area (Å²) in [6, 6.07) is 7.95. The summed E-state index contributed by atoms with van der Waals surface area (Å²) in [6.07, 6.45) is 0. The number of rotatable bonds is 6. The molecule has 4 N–H and O–H groups in total. The molecule has 1 aromatic carbocycles. The van der Waals surface area contributed by atoms with Crippen molar-refractivity contribution >= 4 is 41.7 Å². The number of amides is 2. The SMILES string of the molecule is CCNC(=NCc1ccc(NC(=O)NC(C)C)cc1)NC(C)C.I. The summed E-state index contributed by atoms with van der Waals surface area (Å²) >= 11 is 0. The topological polar surface area (TPSA) is 77.5 Å². The first-order valence-corrected chi connectivity index (χ1v) is 8.12. The van der Waals surface area contributed by atoms with Gasteiger partial charge in [0.2, 0.25) is 0 Å². The molecule has 0 saturated carbocycles. The Morgan fingerprint density at radius 3 is 2.12 bits per heavy atom. The lowest BCUT2D eigenvalue weighted by Crippen LogP contribution is -2.40. The van der Waals surface area contributed by atoms with Crippen LogP contribution in [0.25, 0.3) is 0 Å². The van der Waals surface area contributed by atoms with Crippen LogP contribution in [0.5, 0.6) is 0 Å². The number of carbonyl (C=O) groups excluding carboxylic acids is 1. The number of hydrogen-bond acceptors (Lipinski definition) is 2. The van der Waals surface area contributed by atoms with Crippen LogP contribution in [-0.4, -0.2) is 30.6 Å². The highest BCUT2D eigenvalue weighted by molar-refractivity contribution is 14.0. The minimum absolute atomic E-state index is 0. The molecule has 0 aliphatic rings. The molecule has 0 saturated heterocycles. The maximum atomic E-state index is 11.6. The molecular weight excluding hydrogens is 417 g/mol. The molecule has 0 heterocycles. The van der Waals surface area contributed by atoms with E-state index in [-0.39, 0.29) is 36.0 Å². The Morgan fingerprint density at radius 2 is 1.62 bits per heavy atom. The Morgan fingerprint density at radius 1 is 1.04 bits per heavy atom. The van der Waals surface area contributed by atoms with E-state index in [9.17, 15) is 4.79 Å². The van der Waals surface area contributed by atoms with E-state index in [0.717, 1.165) is 23.8 Å². The van der Waals surface area contributed by atoms with Gasteiger partial charge in [0.05, 0.1) is 6.54 Å². The zero-order valence-electron chi connectivity index (χ0n) is 15.1. The number of urea groups is 1. The minimum Gasteiger partial charge on any atom is -0.357 e. The number of anilines is 1. The fraction of sp³-hybridized carbons (Fsp3) is 0.529. The predicted octanol–water partition coefficient (Wildman–Crippen LogP) is 3.30. The Kier molecular flexibility index (Phi) is 11.2. The van der Waals surface area contributed by atoms with Gasteiger partial charge in [-0.1, -0.05) is 12.1 Å². The van der Waals surface area contributed by atoms with E-state index < -0.39 is 0 Å². The number of halogens is 1. The van der Waals surface area contributed by atoms with Gasteiger partial charge in [0.1, 0.15) is 0 Å². The summed E-state index contributed by atoms with van der Waals surface area (Å²) in [4.78, 5) is 16.2. The Labute approximate surface area is 162 Å². The van der Waals surface area contributed by atoms with Gasteiger partial charge in [-0.05, 0) is 52.3 Å². The van der Waals surface area contributed by atoms with Crippen LogP contribution in [0, 0.1) is 0 Å². The maximum absolute atomic E-state index is 11.6. The standard InChI is InChI=1S/C17H29N5O.HI/c1-6-18-16(20-12(2)3)19-11-14-7-9-15(10-8-14)22-17(23)21-13(4)5;/h7-10,12-13H,6,11H2,1-5H3,(H2,18,19,20)(H2,21,22,23);1H. The molecule has 6 nitrogen and oxygen atoms in total. The van der Waals surface area contributed by atoms with Gasteiger partial charge in [-0.2, -0.15) is 0 Å². The third-order valence-electron chi connectivity index (χ3n) is 2.82. The molecule has 1 rings (SSSR count). The van der Waals surface area contributed by atoms with Crippen molar-refractivity contribution in [1.82, 2.24) is 16.0 Å². The van der Waals surface area contributed by atoms with E-state index in [1.807, 2.05) is 45.0 Å². The van der Waals surface area contributed by atoms with Crippen molar-refractivity contribution in [2.24, 2.45) is 4.99 Å². The Balaban J connectivity index is 0.00000529. The van der Waals surface area contributed by atoms with E-state index in [4.69, 9.17) is 0 Å². The summed E-state index contributed by atoms with van der Waals surface area (Å²) in [5.74, 6) is 0.806. The molecule has 0 aromatic heterocycles. The van der Waals surface area contributed by atoms with Crippen LogP contribution < -0.4 is 21.3 Å². The number of nitrogens with zero attached hydrogens (tertiary/aromatic N) is 1. The van der Waals surface area contributed by atoms with Crippen molar-refractivity contribution in [1.29, 1.82) is 0 Å². The van der Waals surface area contributed by atoms with Gasteiger partial charge in [0.25, 0.3) is 0 Å². The Hall–Kier alpha value is -1.51. The number of nitrogens with one attached hydrogen (secondary N) is 4. The van der Waals surface area contributed by atoms with Crippen LogP contribution in [0.1, 0.15) is 40.2 Å². The summed E-state index contributed by atoms with van der Waals surface area (Å²) in [7, 11) is 0. The van der Waals surface area contributed by atoms with E-state index in [1.54, 1.807) is 0 Å². The minimum atomic E-state index is -0.193. The van der Waals surface area contributed by atoms with Crippen LogP contribution in [0.15, 0.2) is 29.3 Å². The molecule has 7 heteroatoms. The average molecular weight is 447 g/mol. The van der Waals surface area contributed by atoms with Crippen LogP contribution in [0.2, 0.25) is 0 Å². The van der Waals surface area contributed by atoms with Crippen LogP contribution >= 0.6 is 24.0 Å². The zero-order chi connectivity index (χ0) is 17.2. The maximum Gasteiger partial charge on any atom is 0.319 e. The summed E-state index contributed by atoms with van der Waals surface area (Å²) in [6.45, 7) is 11.5. The molecule has 136 valence electrons. The Bertz CT molecular complexity index is 514. The van der Waals surface area contributed by atoms with Gasteiger partial charge in [0.15, 0.2) is 5.96 Å². The van der Waals surface area contributed by atoms with E-state index in [0.29, 0.717) is 12.6 Å². The highest BCUT2D eigenvalue weighted by Crippen LogP contribution is 2.10. The second-order valence-corrected chi connectivity index (χ2v) is 5.94. The lowest BCUT2D eigenvalue weighted by atomic mass is 10.2. The van der Waals surface area contributed by atoms with Crippen LogP contribution in [-0.2, 0) is 6.54 Å². The van der Waals surface area contributed by atoms with Crippen molar-refractivity contribution in [3.05, 3.63) is 29.8 Å². The number of guanidine groups is 1. The molecular formula is C17H30IN5O. The van der Waals surface area contributed by atoms with E-state index >= 15 is 0 Å². The molecule has 0 radical (unpaired) electrons. The summed E-state index contributed by atoms with van der Waals surface area (Å²) in [5.41, 5.74) is 1.85. The molecule has 1 aromatic rings. The molecule has 0 atom stereocenters. The molecule has 0 spiro atoms.